The van der Waals surface area contributed by atoms with Crippen LogP contribution in [0.2, 0.25) is 0 Å². The molecule has 0 radical (unpaired) electrons. The Hall–Kier alpha value is -3.26. The molecule has 2 aliphatic heterocycles. The molecule has 8 heteroatoms. The molecular weight excluding hydrogens is 448 g/mol. The zero-order valence-electron chi connectivity index (χ0n) is 21.0. The molecule has 2 aliphatic rings. The molecule has 188 valence electrons. The molecule has 0 fully saturated rings. The van der Waals surface area contributed by atoms with E-state index in [1.807, 2.05) is 57.2 Å². The molecule has 2 heterocycles. The number of amides is 2. The second-order valence-corrected chi connectivity index (χ2v) is 9.98. The van der Waals surface area contributed by atoms with Crippen LogP contribution >= 0.6 is 0 Å². The zero-order chi connectivity index (χ0) is 25.3. The lowest BCUT2D eigenvalue weighted by atomic mass is 9.89. The van der Waals surface area contributed by atoms with E-state index in [-0.39, 0.29) is 12.5 Å². The van der Waals surface area contributed by atoms with Crippen molar-refractivity contribution in [3.63, 3.8) is 0 Å². The van der Waals surface area contributed by atoms with Gasteiger partial charge in [0.2, 0.25) is 5.91 Å². The first-order chi connectivity index (χ1) is 16.7. The largest absolute Gasteiger partial charge is 0.493 e. The summed E-state index contributed by atoms with van der Waals surface area (Å²) in [6.07, 6.45) is 0.477. The fourth-order valence-electron chi connectivity index (χ4n) is 4.94. The van der Waals surface area contributed by atoms with Crippen LogP contribution in [0.25, 0.3) is 0 Å². The van der Waals surface area contributed by atoms with Crippen molar-refractivity contribution in [2.45, 2.75) is 57.8 Å². The van der Waals surface area contributed by atoms with Crippen molar-refractivity contribution in [1.29, 1.82) is 0 Å². The maximum absolute atomic E-state index is 14.0. The molecule has 2 amide bonds. The zero-order valence-corrected chi connectivity index (χ0v) is 21.0. The fourth-order valence-corrected chi connectivity index (χ4v) is 4.94. The Balaban J connectivity index is 1.68. The summed E-state index contributed by atoms with van der Waals surface area (Å²) in [5.41, 5.74) is 3.18. The van der Waals surface area contributed by atoms with Crippen LogP contribution in [0.15, 0.2) is 36.4 Å². The highest BCUT2D eigenvalue weighted by atomic mass is 16.6. The lowest BCUT2D eigenvalue weighted by Gasteiger charge is -2.43. The molecule has 4 rings (SSSR count). The Kier molecular flexibility index (Phi) is 6.94. The van der Waals surface area contributed by atoms with E-state index in [1.54, 1.807) is 19.1 Å². The predicted molar refractivity (Wildman–Crippen MR) is 131 cm³/mol. The van der Waals surface area contributed by atoms with Gasteiger partial charge in [0.15, 0.2) is 11.5 Å². The van der Waals surface area contributed by atoms with Crippen LogP contribution in [0.1, 0.15) is 49.1 Å². The van der Waals surface area contributed by atoms with Gasteiger partial charge in [0, 0.05) is 13.0 Å². The summed E-state index contributed by atoms with van der Waals surface area (Å²) in [5.74, 6) is 0.952. The molecule has 35 heavy (non-hydrogen) atoms. The summed E-state index contributed by atoms with van der Waals surface area (Å²) in [6, 6.07) is 10.3. The van der Waals surface area contributed by atoms with Gasteiger partial charge >= 0.3 is 6.09 Å². The van der Waals surface area contributed by atoms with E-state index in [2.05, 4.69) is 0 Å². The summed E-state index contributed by atoms with van der Waals surface area (Å²) >= 11 is 0. The van der Waals surface area contributed by atoms with Gasteiger partial charge < -0.3 is 24.2 Å². The van der Waals surface area contributed by atoms with Gasteiger partial charge in [0.25, 0.3) is 0 Å². The number of hydrogen-bond acceptors (Lipinski definition) is 6. The Morgan fingerprint density at radius 3 is 2.29 bits per heavy atom. The van der Waals surface area contributed by atoms with Gasteiger partial charge in [-0.2, -0.15) is 0 Å². The van der Waals surface area contributed by atoms with Crippen LogP contribution < -0.4 is 9.47 Å². The highest BCUT2D eigenvalue weighted by Crippen LogP contribution is 2.39. The van der Waals surface area contributed by atoms with Crippen molar-refractivity contribution in [2.24, 2.45) is 0 Å². The van der Waals surface area contributed by atoms with Crippen LogP contribution in [0, 0.1) is 0 Å². The van der Waals surface area contributed by atoms with Crippen LogP contribution in [0.5, 0.6) is 11.5 Å². The van der Waals surface area contributed by atoms with E-state index < -0.39 is 23.8 Å². The van der Waals surface area contributed by atoms with Crippen LogP contribution in [-0.4, -0.2) is 65.9 Å². The predicted octanol–water partition coefficient (Wildman–Crippen LogP) is 3.48. The number of hydrogen-bond donors (Lipinski definition) is 1. The van der Waals surface area contributed by atoms with Crippen LogP contribution in [0.3, 0.4) is 0 Å². The number of benzene rings is 2. The minimum absolute atomic E-state index is 0.204. The van der Waals surface area contributed by atoms with Crippen LogP contribution in [-0.2, 0) is 28.9 Å². The summed E-state index contributed by atoms with van der Waals surface area (Å²) < 4.78 is 16.6. The van der Waals surface area contributed by atoms with Gasteiger partial charge in [0.1, 0.15) is 11.6 Å². The van der Waals surface area contributed by atoms with Gasteiger partial charge in [0.05, 0.1) is 33.4 Å². The second kappa shape index (κ2) is 9.77. The van der Waals surface area contributed by atoms with Crippen molar-refractivity contribution in [3.8, 4) is 11.5 Å². The molecule has 0 saturated heterocycles. The third-order valence-electron chi connectivity index (χ3n) is 6.62. The summed E-state index contributed by atoms with van der Waals surface area (Å²) in [7, 11) is 3.14. The quantitative estimate of drug-likeness (QED) is 0.718. The van der Waals surface area contributed by atoms with Gasteiger partial charge in [-0.1, -0.05) is 24.3 Å². The lowest BCUT2D eigenvalue weighted by Crippen LogP contribution is -2.56. The molecule has 0 aliphatic carbocycles. The van der Waals surface area contributed by atoms with E-state index in [9.17, 15) is 14.7 Å². The molecule has 2 aromatic rings. The number of carbonyl (C=O) groups is 2. The number of methoxy groups -OCH3 is 2. The molecule has 0 aromatic heterocycles. The molecule has 0 spiro atoms. The van der Waals surface area contributed by atoms with Gasteiger partial charge in [-0.3, -0.25) is 9.69 Å². The van der Waals surface area contributed by atoms with E-state index in [4.69, 9.17) is 14.2 Å². The van der Waals surface area contributed by atoms with Gasteiger partial charge in [-0.05, 0) is 61.6 Å². The minimum atomic E-state index is -0.726. The molecule has 2 unspecified atom stereocenters. The number of carbonyl (C=O) groups excluding carboxylic acids is 2. The SMILES string of the molecule is COc1cc2c(cc1OC)C(CO)N(C(=O)C1Cc3ccccc3CN1C(=O)OC(C)(C)C)CC2. The highest BCUT2D eigenvalue weighted by molar-refractivity contribution is 5.87. The molecule has 0 saturated carbocycles. The summed E-state index contributed by atoms with van der Waals surface area (Å²) in [4.78, 5) is 30.4. The van der Waals surface area contributed by atoms with Gasteiger partial charge in [-0.25, -0.2) is 4.79 Å². The van der Waals surface area contributed by atoms with E-state index in [0.717, 1.165) is 22.3 Å². The average molecular weight is 483 g/mol. The lowest BCUT2D eigenvalue weighted by molar-refractivity contribution is -0.141. The third kappa shape index (κ3) is 4.93. The van der Waals surface area contributed by atoms with Crippen molar-refractivity contribution in [1.82, 2.24) is 9.80 Å². The van der Waals surface area contributed by atoms with Crippen molar-refractivity contribution < 1.29 is 28.9 Å². The highest BCUT2D eigenvalue weighted by Gasteiger charge is 2.42. The monoisotopic (exact) mass is 482 g/mol. The summed E-state index contributed by atoms with van der Waals surface area (Å²) in [6.45, 7) is 5.90. The molecule has 2 atom stereocenters. The molecule has 0 bridgehead atoms. The Bertz CT molecular complexity index is 1110. The number of ether oxygens (including phenoxy) is 3. The maximum Gasteiger partial charge on any atom is 0.411 e. The third-order valence-corrected chi connectivity index (χ3v) is 6.62. The molecular formula is C27H34N2O6. The normalized spacial score (nSPS) is 19.5. The smallest absolute Gasteiger partial charge is 0.411 e. The number of rotatable bonds is 4. The van der Waals surface area contributed by atoms with E-state index >= 15 is 0 Å². The first kappa shape index (κ1) is 24.9. The molecule has 8 nitrogen and oxygen atoms in total. The Labute approximate surface area is 206 Å². The number of fused-ring (bicyclic) bond motifs is 2. The van der Waals surface area contributed by atoms with Crippen molar-refractivity contribution in [3.05, 3.63) is 58.7 Å². The summed E-state index contributed by atoms with van der Waals surface area (Å²) in [5, 5.41) is 10.4. The van der Waals surface area contributed by atoms with E-state index in [1.165, 1.54) is 4.90 Å². The Morgan fingerprint density at radius 2 is 1.66 bits per heavy atom. The van der Waals surface area contributed by atoms with Gasteiger partial charge in [-0.15, -0.1) is 0 Å². The van der Waals surface area contributed by atoms with Crippen LogP contribution in [0.4, 0.5) is 4.79 Å². The Morgan fingerprint density at radius 1 is 1.00 bits per heavy atom. The number of aliphatic hydroxyl groups excluding tert-OH is 1. The first-order valence-corrected chi connectivity index (χ1v) is 11.9. The van der Waals surface area contributed by atoms with Crippen molar-refractivity contribution in [2.75, 3.05) is 27.4 Å². The molecule has 2 aromatic carbocycles. The standard InChI is InChI=1S/C27H34N2O6/c1-27(2,3)35-26(32)29-15-19-9-7-6-8-17(19)12-21(29)25(31)28-11-10-18-13-23(33-4)24(34-5)14-20(18)22(28)16-30/h6-9,13-14,21-22,30H,10-12,15-16H2,1-5H3. The number of aliphatic hydroxyl groups is 1. The maximum atomic E-state index is 14.0. The minimum Gasteiger partial charge on any atom is -0.493 e. The topological polar surface area (TPSA) is 88.5 Å². The second-order valence-electron chi connectivity index (χ2n) is 9.98. The first-order valence-electron chi connectivity index (χ1n) is 11.9. The fraction of sp³-hybridized carbons (Fsp3) is 0.481. The molecule has 1 N–H and O–H groups in total. The average Bonchev–Trinajstić information content (AvgIpc) is 2.84. The number of nitrogens with zero attached hydrogens (tertiary/aromatic N) is 2. The van der Waals surface area contributed by atoms with Crippen molar-refractivity contribution >= 4 is 12.0 Å². The van der Waals surface area contributed by atoms with E-state index in [0.29, 0.717) is 37.4 Å².